The van der Waals surface area contributed by atoms with E-state index >= 15 is 0 Å². The number of carbonyl (C=O) groups is 3. The van der Waals surface area contributed by atoms with Gasteiger partial charge >= 0.3 is 25.7 Å². The van der Waals surface area contributed by atoms with E-state index in [0.29, 0.717) is 18.5 Å². The van der Waals surface area contributed by atoms with Crippen LogP contribution in [0.15, 0.2) is 48.8 Å². The van der Waals surface area contributed by atoms with Crippen LogP contribution in [0.1, 0.15) is 52.8 Å². The van der Waals surface area contributed by atoms with Crippen LogP contribution in [0.4, 0.5) is 5.82 Å². The highest BCUT2D eigenvalue weighted by Crippen LogP contribution is 2.50. The lowest BCUT2D eigenvalue weighted by Crippen LogP contribution is -2.50. The molecule has 2 aliphatic rings. The Morgan fingerprint density at radius 3 is 2.41 bits per heavy atom. The number of nitrogens with one attached hydrogen (secondary N) is 1. The van der Waals surface area contributed by atoms with Crippen molar-refractivity contribution in [3.05, 3.63) is 54.5 Å². The second-order valence-corrected chi connectivity index (χ2v) is 14.5. The van der Waals surface area contributed by atoms with Gasteiger partial charge in [-0.3, -0.25) is 18.9 Å². The zero-order chi connectivity index (χ0) is 36.9. The molecule has 3 N–H and O–H groups in total. The predicted molar refractivity (Wildman–Crippen MR) is 178 cm³/mol. The summed E-state index contributed by atoms with van der Waals surface area (Å²) in [6.45, 7) is 7.60. The van der Waals surface area contributed by atoms with Crippen molar-refractivity contribution in [2.24, 2.45) is 11.8 Å². The van der Waals surface area contributed by atoms with Gasteiger partial charge in [-0.25, -0.2) is 14.1 Å². The van der Waals surface area contributed by atoms with Crippen molar-refractivity contribution in [1.82, 2.24) is 19.7 Å². The van der Waals surface area contributed by atoms with E-state index in [1.807, 2.05) is 6.07 Å². The topological polar surface area (TPSA) is 225 Å². The average molecular weight is 729 g/mol. The first-order chi connectivity index (χ1) is 24.3. The average Bonchev–Trinajstić information content (AvgIpc) is 3.84. The van der Waals surface area contributed by atoms with Gasteiger partial charge in [-0.1, -0.05) is 45.9 Å². The number of carbonyl (C=O) groups excluding carboxylic acids is 3. The molecule has 0 radical (unpaired) electrons. The lowest BCUT2D eigenvalue weighted by molar-refractivity contribution is -0.173. The van der Waals surface area contributed by atoms with E-state index in [1.165, 1.54) is 29.9 Å². The molecule has 2 aromatic heterocycles. The number of fused-ring (bicyclic) bond motifs is 1. The molecule has 0 saturated carbocycles. The second-order valence-electron chi connectivity index (χ2n) is 12.8. The van der Waals surface area contributed by atoms with E-state index in [0.717, 1.165) is 0 Å². The fourth-order valence-corrected chi connectivity index (χ4v) is 6.83. The number of para-hydroxylation sites is 1. The highest BCUT2D eigenvalue weighted by atomic mass is 31.2. The number of nitrogen functional groups attached to an aromatic ring is 1. The van der Waals surface area contributed by atoms with Gasteiger partial charge in [0.15, 0.2) is 18.0 Å². The number of nitriles is 1. The maximum absolute atomic E-state index is 14.5. The van der Waals surface area contributed by atoms with E-state index in [2.05, 4.69) is 15.2 Å². The first kappa shape index (κ1) is 37.7. The Kier molecular flexibility index (Phi) is 11.6. The summed E-state index contributed by atoms with van der Waals surface area (Å²) in [7, 11) is -4.58. The molecule has 1 aromatic carbocycles. The number of benzene rings is 1. The van der Waals surface area contributed by atoms with E-state index in [4.69, 9.17) is 38.5 Å². The molecule has 0 aliphatic carbocycles. The zero-order valence-electron chi connectivity index (χ0n) is 28.8. The van der Waals surface area contributed by atoms with Gasteiger partial charge in [0.25, 0.3) is 0 Å². The highest BCUT2D eigenvalue weighted by molar-refractivity contribution is 7.52. The number of hydrogen-bond donors (Lipinski definition) is 2. The summed E-state index contributed by atoms with van der Waals surface area (Å²) in [6.07, 6.45) is -3.10. The second kappa shape index (κ2) is 15.7. The number of rotatable bonds is 14. The van der Waals surface area contributed by atoms with Gasteiger partial charge in [-0.2, -0.15) is 15.4 Å². The summed E-state index contributed by atoms with van der Waals surface area (Å²) in [6, 6.07) is 12.0. The number of hydrogen-bond acceptors (Lipinski definition) is 15. The molecule has 2 saturated heterocycles. The van der Waals surface area contributed by atoms with Crippen LogP contribution in [0.5, 0.6) is 5.75 Å². The van der Waals surface area contributed by atoms with Gasteiger partial charge in [0.1, 0.15) is 48.5 Å². The fraction of sp³-hybridized carbons (Fsp3) is 0.515. The Morgan fingerprint density at radius 1 is 1.06 bits per heavy atom. The quantitative estimate of drug-likeness (QED) is 0.138. The molecular weight excluding hydrogens is 687 g/mol. The van der Waals surface area contributed by atoms with E-state index in [-0.39, 0.29) is 23.9 Å². The fourth-order valence-electron chi connectivity index (χ4n) is 5.31. The molecule has 0 spiro atoms. The molecule has 3 aromatic rings. The number of nitrogens with two attached hydrogens (primary N) is 1. The molecular formula is C33H41N6O11P. The summed E-state index contributed by atoms with van der Waals surface area (Å²) in [5.74, 6) is -3.21. The molecule has 18 heteroatoms. The minimum atomic E-state index is -4.58. The Morgan fingerprint density at radius 2 is 1.76 bits per heavy atom. The van der Waals surface area contributed by atoms with Crippen molar-refractivity contribution in [2.75, 3.05) is 25.6 Å². The SMILES string of the molecule is CC(C)C(=O)O[C@H]1[C@H](c2ccc3c(N)ncnn23)O[C@](C#N)(CO[P@@](=O)(N[C@@H](C)C(=O)O[C@@H]2CCOC2)Oc2ccccc2)[C@H]1OC(=O)C(C)C. The molecule has 4 heterocycles. The number of esters is 3. The maximum Gasteiger partial charge on any atom is 0.459 e. The highest BCUT2D eigenvalue weighted by Gasteiger charge is 2.62. The largest absolute Gasteiger partial charge is 0.459 e. The number of aromatic nitrogens is 3. The van der Waals surface area contributed by atoms with Crippen LogP contribution in [-0.2, 0) is 47.2 Å². The van der Waals surface area contributed by atoms with Gasteiger partial charge in [0.05, 0.1) is 30.7 Å². The predicted octanol–water partition coefficient (Wildman–Crippen LogP) is 3.29. The Balaban J connectivity index is 1.53. The third-order valence-corrected chi connectivity index (χ3v) is 9.74. The monoisotopic (exact) mass is 728 g/mol. The number of nitrogens with zero attached hydrogens (tertiary/aromatic N) is 4. The van der Waals surface area contributed by atoms with E-state index in [9.17, 15) is 24.2 Å². The van der Waals surface area contributed by atoms with Gasteiger partial charge in [0, 0.05) is 6.42 Å². The lowest BCUT2D eigenvalue weighted by Gasteiger charge is -2.31. The van der Waals surface area contributed by atoms with Crippen LogP contribution < -0.4 is 15.3 Å². The molecule has 2 aliphatic heterocycles. The van der Waals surface area contributed by atoms with Crippen LogP contribution in [0.3, 0.4) is 0 Å². The first-order valence-electron chi connectivity index (χ1n) is 16.4. The van der Waals surface area contributed by atoms with Crippen molar-refractivity contribution in [2.45, 2.75) is 77.1 Å². The normalized spacial score (nSPS) is 24.9. The first-order valence-corrected chi connectivity index (χ1v) is 17.9. The minimum Gasteiger partial charge on any atom is -0.459 e. The summed E-state index contributed by atoms with van der Waals surface area (Å²) >= 11 is 0. The summed E-state index contributed by atoms with van der Waals surface area (Å²) in [4.78, 5) is 43.2. The van der Waals surface area contributed by atoms with Gasteiger partial charge in [-0.15, -0.1) is 0 Å². The maximum atomic E-state index is 14.5. The standard InChI is InChI=1S/C33H41N6O11P/c1-19(2)30(40)47-27-26(24-11-12-25-29(35)36-18-37-39(24)25)49-33(16-34,28(27)48-31(41)20(3)4)17-45-51(43,50-22-9-7-6-8-10-22)38-21(5)32(42)46-23-13-14-44-15-23/h6-12,18-21,23,26-28H,13-15,17H2,1-5H3,(H,38,43)(H2,35,36,37)/t21-,23+,26-,27-,28-,33+,51-/m0/s1. The molecule has 0 unspecified atom stereocenters. The zero-order valence-corrected chi connectivity index (χ0v) is 29.7. The molecule has 274 valence electrons. The summed E-state index contributed by atoms with van der Waals surface area (Å²) in [5.41, 5.74) is 4.47. The van der Waals surface area contributed by atoms with Crippen LogP contribution in [0.2, 0.25) is 0 Å². The third kappa shape index (κ3) is 8.49. The molecule has 5 rings (SSSR count). The van der Waals surface area contributed by atoms with E-state index in [1.54, 1.807) is 58.0 Å². The minimum absolute atomic E-state index is 0.109. The number of anilines is 1. The Labute approximate surface area is 294 Å². The summed E-state index contributed by atoms with van der Waals surface area (Å²) in [5, 5.41) is 17.7. The van der Waals surface area contributed by atoms with Crippen LogP contribution in [-0.4, -0.2) is 82.3 Å². The summed E-state index contributed by atoms with van der Waals surface area (Å²) < 4.78 is 56.5. The smallest absolute Gasteiger partial charge is 0.459 e. The van der Waals surface area contributed by atoms with Gasteiger partial charge in [0.2, 0.25) is 5.60 Å². The van der Waals surface area contributed by atoms with Gasteiger partial charge in [-0.05, 0) is 31.2 Å². The Bertz CT molecular complexity index is 1810. The molecule has 7 atom stereocenters. The van der Waals surface area contributed by atoms with Crippen molar-refractivity contribution >= 4 is 37.0 Å². The van der Waals surface area contributed by atoms with Crippen LogP contribution >= 0.6 is 7.75 Å². The molecule has 51 heavy (non-hydrogen) atoms. The van der Waals surface area contributed by atoms with E-state index < -0.39 is 80.2 Å². The number of ether oxygens (including phenoxy) is 5. The van der Waals surface area contributed by atoms with Crippen molar-refractivity contribution in [1.29, 1.82) is 5.26 Å². The van der Waals surface area contributed by atoms with Crippen LogP contribution in [0.25, 0.3) is 5.52 Å². The molecule has 2 fully saturated rings. The van der Waals surface area contributed by atoms with Crippen molar-refractivity contribution in [3.8, 4) is 11.8 Å². The van der Waals surface area contributed by atoms with Gasteiger partial charge < -0.3 is 33.9 Å². The van der Waals surface area contributed by atoms with Crippen molar-refractivity contribution in [3.63, 3.8) is 0 Å². The third-order valence-electron chi connectivity index (χ3n) is 8.12. The van der Waals surface area contributed by atoms with Crippen molar-refractivity contribution < 1.29 is 51.7 Å². The molecule has 0 amide bonds. The molecule has 0 bridgehead atoms. The van der Waals surface area contributed by atoms with Crippen LogP contribution in [0, 0.1) is 23.2 Å². The molecule has 17 nitrogen and oxygen atoms in total. The Hall–Kier alpha value is -4.59. The lowest BCUT2D eigenvalue weighted by atomic mass is 9.95.